The number of nitrogens with one attached hydrogen (secondary N) is 2. The molecule has 1 aromatic heterocycles. The van der Waals surface area contributed by atoms with Crippen LogP contribution in [0.2, 0.25) is 0 Å². The van der Waals surface area contributed by atoms with Gasteiger partial charge in [-0.1, -0.05) is 13.0 Å². The number of carbonyl (C=O) groups is 1. The third-order valence-corrected chi connectivity index (χ3v) is 3.19. The van der Waals surface area contributed by atoms with Crippen molar-refractivity contribution in [1.29, 1.82) is 0 Å². The number of amides is 2. The van der Waals surface area contributed by atoms with Crippen molar-refractivity contribution in [3.05, 3.63) is 24.4 Å². The molecule has 1 aliphatic heterocycles. The van der Waals surface area contributed by atoms with E-state index in [0.717, 1.165) is 32.8 Å². The number of nitrogens with zero attached hydrogens (tertiary/aromatic N) is 2. The normalized spacial score (nSPS) is 17.4. The lowest BCUT2D eigenvalue weighted by atomic mass is 10.1. The van der Waals surface area contributed by atoms with Crippen LogP contribution in [0.5, 0.6) is 0 Å². The molecule has 0 aliphatic carbocycles. The van der Waals surface area contributed by atoms with Gasteiger partial charge < -0.3 is 10.1 Å². The molecule has 0 saturated carbocycles. The topological polar surface area (TPSA) is 66.5 Å². The Morgan fingerprint density at radius 2 is 2.25 bits per heavy atom. The molecule has 2 amide bonds. The highest BCUT2D eigenvalue weighted by molar-refractivity contribution is 5.88. The van der Waals surface area contributed by atoms with Crippen LogP contribution in [0.3, 0.4) is 0 Å². The van der Waals surface area contributed by atoms with E-state index < -0.39 is 0 Å². The Balaban J connectivity index is 1.64. The minimum Gasteiger partial charge on any atom is -0.379 e. The molecule has 0 radical (unpaired) electrons. The number of carbonyl (C=O) groups excluding carboxylic acids is 1. The number of aromatic nitrogens is 1. The molecule has 2 heterocycles. The van der Waals surface area contributed by atoms with E-state index in [2.05, 4.69) is 27.4 Å². The quantitative estimate of drug-likeness (QED) is 0.848. The summed E-state index contributed by atoms with van der Waals surface area (Å²) in [4.78, 5) is 18.1. The molecule has 2 rings (SSSR count). The van der Waals surface area contributed by atoms with Crippen LogP contribution in [0.25, 0.3) is 0 Å². The van der Waals surface area contributed by atoms with Gasteiger partial charge in [-0.25, -0.2) is 9.78 Å². The van der Waals surface area contributed by atoms with Crippen molar-refractivity contribution in [3.63, 3.8) is 0 Å². The van der Waals surface area contributed by atoms with Gasteiger partial charge in [0.1, 0.15) is 5.82 Å². The van der Waals surface area contributed by atoms with Gasteiger partial charge in [-0.15, -0.1) is 0 Å². The van der Waals surface area contributed by atoms with Gasteiger partial charge >= 0.3 is 6.03 Å². The van der Waals surface area contributed by atoms with Crippen LogP contribution < -0.4 is 10.6 Å². The van der Waals surface area contributed by atoms with Gasteiger partial charge in [0.2, 0.25) is 0 Å². The SMILES string of the molecule is CC(CNC(=O)Nc1ccccn1)CN1CCOCC1. The van der Waals surface area contributed by atoms with Gasteiger partial charge in [-0.2, -0.15) is 0 Å². The lowest BCUT2D eigenvalue weighted by molar-refractivity contribution is 0.0320. The standard InChI is InChI=1S/C14H22N4O2/c1-12(11-18-6-8-20-9-7-18)10-16-14(19)17-13-4-2-3-5-15-13/h2-5,12H,6-11H2,1H3,(H2,15,16,17,19). The lowest BCUT2D eigenvalue weighted by Gasteiger charge is -2.29. The maximum Gasteiger partial charge on any atom is 0.320 e. The third kappa shape index (κ3) is 5.14. The third-order valence-electron chi connectivity index (χ3n) is 3.19. The first-order valence-electron chi connectivity index (χ1n) is 7.00. The monoisotopic (exact) mass is 278 g/mol. The molecular formula is C14H22N4O2. The molecule has 2 N–H and O–H groups in total. The van der Waals surface area contributed by atoms with Crippen molar-refractivity contribution in [2.24, 2.45) is 5.92 Å². The van der Waals surface area contributed by atoms with E-state index in [1.807, 2.05) is 12.1 Å². The highest BCUT2D eigenvalue weighted by Crippen LogP contribution is 2.03. The molecule has 0 aromatic carbocycles. The number of pyridine rings is 1. The highest BCUT2D eigenvalue weighted by atomic mass is 16.5. The first-order chi connectivity index (χ1) is 9.74. The highest BCUT2D eigenvalue weighted by Gasteiger charge is 2.14. The summed E-state index contributed by atoms with van der Waals surface area (Å²) in [6.07, 6.45) is 1.65. The first kappa shape index (κ1) is 14.7. The van der Waals surface area contributed by atoms with Gasteiger partial charge in [-0.05, 0) is 18.1 Å². The number of hydrogen-bond acceptors (Lipinski definition) is 4. The first-order valence-corrected chi connectivity index (χ1v) is 7.00. The van der Waals surface area contributed by atoms with Crippen LogP contribution in [0.1, 0.15) is 6.92 Å². The van der Waals surface area contributed by atoms with E-state index in [0.29, 0.717) is 18.3 Å². The average Bonchev–Trinajstić information content (AvgIpc) is 2.47. The van der Waals surface area contributed by atoms with Crippen LogP contribution in [0.15, 0.2) is 24.4 Å². The summed E-state index contributed by atoms with van der Waals surface area (Å²) in [5.74, 6) is 0.966. The van der Waals surface area contributed by atoms with Crippen LogP contribution in [0.4, 0.5) is 10.6 Å². The molecule has 0 bridgehead atoms. The number of morpholine rings is 1. The molecule has 6 nitrogen and oxygen atoms in total. The minimum atomic E-state index is -0.211. The minimum absolute atomic E-state index is 0.211. The molecule has 110 valence electrons. The number of urea groups is 1. The zero-order valence-electron chi connectivity index (χ0n) is 11.8. The van der Waals surface area contributed by atoms with E-state index in [-0.39, 0.29) is 6.03 Å². The summed E-state index contributed by atoms with van der Waals surface area (Å²) < 4.78 is 5.32. The van der Waals surface area contributed by atoms with Gasteiger partial charge in [0, 0.05) is 32.4 Å². The smallest absolute Gasteiger partial charge is 0.320 e. The van der Waals surface area contributed by atoms with Crippen LogP contribution in [0, 0.1) is 5.92 Å². The molecule has 1 unspecified atom stereocenters. The van der Waals surface area contributed by atoms with Gasteiger partial charge in [0.15, 0.2) is 0 Å². The van der Waals surface area contributed by atoms with Crippen molar-refractivity contribution in [2.75, 3.05) is 44.7 Å². The Kier molecular flexibility index (Phi) is 5.76. The van der Waals surface area contributed by atoms with Gasteiger partial charge in [0.25, 0.3) is 0 Å². The zero-order chi connectivity index (χ0) is 14.2. The fourth-order valence-corrected chi connectivity index (χ4v) is 2.15. The summed E-state index contributed by atoms with van der Waals surface area (Å²) in [6, 6.07) is 5.20. The lowest BCUT2D eigenvalue weighted by Crippen LogP contribution is -2.42. The van der Waals surface area contributed by atoms with E-state index in [1.165, 1.54) is 0 Å². The fraction of sp³-hybridized carbons (Fsp3) is 0.571. The summed E-state index contributed by atoms with van der Waals surface area (Å²) in [6.45, 7) is 7.33. The number of rotatable bonds is 5. The second kappa shape index (κ2) is 7.81. The second-order valence-electron chi connectivity index (χ2n) is 5.07. The molecule has 1 saturated heterocycles. The summed E-state index contributed by atoms with van der Waals surface area (Å²) >= 11 is 0. The fourth-order valence-electron chi connectivity index (χ4n) is 2.15. The molecule has 0 spiro atoms. The molecule has 1 fully saturated rings. The molecule has 6 heteroatoms. The maximum atomic E-state index is 11.7. The van der Waals surface area contributed by atoms with E-state index in [9.17, 15) is 4.79 Å². The van der Waals surface area contributed by atoms with Gasteiger partial charge in [0.05, 0.1) is 13.2 Å². The Morgan fingerprint density at radius 3 is 2.95 bits per heavy atom. The van der Waals surface area contributed by atoms with Crippen molar-refractivity contribution >= 4 is 11.8 Å². The van der Waals surface area contributed by atoms with E-state index in [4.69, 9.17) is 4.74 Å². The van der Waals surface area contributed by atoms with E-state index >= 15 is 0 Å². The average molecular weight is 278 g/mol. The van der Waals surface area contributed by atoms with Crippen molar-refractivity contribution < 1.29 is 9.53 Å². The maximum absolute atomic E-state index is 11.7. The molecule has 1 aliphatic rings. The summed E-state index contributed by atoms with van der Waals surface area (Å²) in [5.41, 5.74) is 0. The van der Waals surface area contributed by atoms with Crippen molar-refractivity contribution in [3.8, 4) is 0 Å². The Morgan fingerprint density at radius 1 is 1.45 bits per heavy atom. The van der Waals surface area contributed by atoms with Crippen LogP contribution in [-0.4, -0.2) is 55.3 Å². The largest absolute Gasteiger partial charge is 0.379 e. The second-order valence-corrected chi connectivity index (χ2v) is 5.07. The molecule has 20 heavy (non-hydrogen) atoms. The zero-order valence-corrected chi connectivity index (χ0v) is 11.8. The van der Waals surface area contributed by atoms with Crippen molar-refractivity contribution in [1.82, 2.24) is 15.2 Å². The summed E-state index contributed by atoms with van der Waals surface area (Å²) in [5, 5.41) is 5.58. The van der Waals surface area contributed by atoms with E-state index in [1.54, 1.807) is 12.3 Å². The predicted octanol–water partition coefficient (Wildman–Crippen LogP) is 1.17. The molecule has 1 aromatic rings. The number of ether oxygens (including phenoxy) is 1. The predicted molar refractivity (Wildman–Crippen MR) is 77.7 cm³/mol. The Bertz CT molecular complexity index is 407. The number of anilines is 1. The molecular weight excluding hydrogens is 256 g/mol. The van der Waals surface area contributed by atoms with Crippen LogP contribution in [-0.2, 0) is 4.74 Å². The molecule has 1 atom stereocenters. The number of hydrogen-bond donors (Lipinski definition) is 2. The van der Waals surface area contributed by atoms with Crippen LogP contribution >= 0.6 is 0 Å². The Hall–Kier alpha value is -1.66. The summed E-state index contributed by atoms with van der Waals surface area (Å²) in [7, 11) is 0. The van der Waals surface area contributed by atoms with Crippen molar-refractivity contribution in [2.45, 2.75) is 6.92 Å². The Labute approximate surface area is 119 Å². The van der Waals surface area contributed by atoms with Gasteiger partial charge in [-0.3, -0.25) is 10.2 Å².